The Morgan fingerprint density at radius 1 is 1.64 bits per heavy atom. The minimum Gasteiger partial charge on any atom is -0.370 e. The van der Waals surface area contributed by atoms with Crippen LogP contribution in [0, 0.1) is 0 Å². The standard InChI is InChI=1S/C4H11N3O3S/c1-2-3(7-4(5)6)11(8,9)10/h3H,2H2,1H3,(H4,5,6,7)(H,8,9,10)/t3-/m1/s1. The molecule has 66 valence electrons. The second-order valence-corrected chi connectivity index (χ2v) is 3.51. The summed E-state index contributed by atoms with van der Waals surface area (Å²) in [6.07, 6.45) is 0.136. The number of aliphatic imine (C=N–C) groups is 1. The van der Waals surface area contributed by atoms with Gasteiger partial charge in [-0.1, -0.05) is 6.92 Å². The number of nitrogens with two attached hydrogens (primary N) is 2. The SMILES string of the molecule is CC[C@H](N=C(N)N)S(=O)(=O)O. The fraction of sp³-hybridized carbons (Fsp3) is 0.750. The molecule has 0 aliphatic carbocycles. The molecule has 0 saturated carbocycles. The first-order valence-electron chi connectivity index (χ1n) is 2.93. The van der Waals surface area contributed by atoms with Gasteiger partial charge < -0.3 is 11.5 Å². The fourth-order valence-electron chi connectivity index (χ4n) is 0.535. The number of hydrogen-bond acceptors (Lipinski definition) is 3. The second kappa shape index (κ2) is 3.54. The summed E-state index contributed by atoms with van der Waals surface area (Å²) in [5.41, 5.74) is 9.84. The molecule has 0 aliphatic heterocycles. The lowest BCUT2D eigenvalue weighted by molar-refractivity contribution is 0.466. The molecule has 0 aliphatic rings. The van der Waals surface area contributed by atoms with E-state index < -0.39 is 15.5 Å². The molecule has 0 aromatic heterocycles. The maximum Gasteiger partial charge on any atom is 0.288 e. The third-order valence-corrected chi connectivity index (χ3v) is 2.11. The summed E-state index contributed by atoms with van der Waals surface area (Å²) in [6, 6.07) is 0. The van der Waals surface area contributed by atoms with Gasteiger partial charge in [-0.15, -0.1) is 0 Å². The molecule has 7 heteroatoms. The van der Waals surface area contributed by atoms with Crippen LogP contribution in [0.2, 0.25) is 0 Å². The van der Waals surface area contributed by atoms with Gasteiger partial charge in [-0.3, -0.25) is 4.55 Å². The van der Waals surface area contributed by atoms with E-state index in [1.54, 1.807) is 6.92 Å². The third kappa shape index (κ3) is 3.79. The van der Waals surface area contributed by atoms with Crippen molar-refractivity contribution >= 4 is 16.1 Å². The first-order valence-corrected chi connectivity index (χ1v) is 4.43. The van der Waals surface area contributed by atoms with Crippen molar-refractivity contribution in [2.45, 2.75) is 18.7 Å². The number of hydrogen-bond donors (Lipinski definition) is 3. The summed E-state index contributed by atoms with van der Waals surface area (Å²) in [4.78, 5) is 3.30. The highest BCUT2D eigenvalue weighted by Crippen LogP contribution is 2.03. The van der Waals surface area contributed by atoms with E-state index in [1.165, 1.54) is 0 Å². The van der Waals surface area contributed by atoms with Crippen molar-refractivity contribution in [3.8, 4) is 0 Å². The molecule has 0 heterocycles. The monoisotopic (exact) mass is 181 g/mol. The predicted molar refractivity (Wildman–Crippen MR) is 41.4 cm³/mol. The van der Waals surface area contributed by atoms with Crippen molar-refractivity contribution in [2.75, 3.05) is 0 Å². The average Bonchev–Trinajstić information content (AvgIpc) is 1.79. The molecule has 6 nitrogen and oxygen atoms in total. The van der Waals surface area contributed by atoms with Crippen molar-refractivity contribution in [3.63, 3.8) is 0 Å². The highest BCUT2D eigenvalue weighted by atomic mass is 32.2. The first kappa shape index (κ1) is 10.2. The van der Waals surface area contributed by atoms with Crippen LogP contribution in [0.4, 0.5) is 0 Å². The molecule has 0 unspecified atom stereocenters. The smallest absolute Gasteiger partial charge is 0.288 e. The summed E-state index contributed by atoms with van der Waals surface area (Å²) in [5.74, 6) is -0.352. The van der Waals surface area contributed by atoms with Crippen LogP contribution >= 0.6 is 0 Å². The normalized spacial score (nSPS) is 14.0. The summed E-state index contributed by atoms with van der Waals surface area (Å²) < 4.78 is 29.4. The molecule has 0 saturated heterocycles. The van der Waals surface area contributed by atoms with Gasteiger partial charge in [0, 0.05) is 0 Å². The van der Waals surface area contributed by atoms with Crippen molar-refractivity contribution in [3.05, 3.63) is 0 Å². The number of rotatable bonds is 3. The summed E-state index contributed by atoms with van der Waals surface area (Å²) in [6.45, 7) is 1.55. The van der Waals surface area contributed by atoms with E-state index >= 15 is 0 Å². The number of guanidine groups is 1. The Hall–Kier alpha value is -0.820. The summed E-state index contributed by atoms with van der Waals surface area (Å²) in [7, 11) is -4.16. The maximum atomic E-state index is 10.4. The lowest BCUT2D eigenvalue weighted by Crippen LogP contribution is -2.28. The molecule has 11 heavy (non-hydrogen) atoms. The lowest BCUT2D eigenvalue weighted by atomic mass is 10.5. The molecule has 0 amide bonds. The molecule has 0 aromatic rings. The molecule has 1 atom stereocenters. The van der Waals surface area contributed by atoms with Crippen molar-refractivity contribution in [2.24, 2.45) is 16.5 Å². The Morgan fingerprint density at radius 2 is 2.09 bits per heavy atom. The van der Waals surface area contributed by atoms with Crippen LogP contribution in [0.15, 0.2) is 4.99 Å². The van der Waals surface area contributed by atoms with Crippen LogP contribution in [-0.4, -0.2) is 24.3 Å². The van der Waals surface area contributed by atoms with Crippen molar-refractivity contribution in [1.82, 2.24) is 0 Å². The van der Waals surface area contributed by atoms with Gasteiger partial charge in [0.25, 0.3) is 10.1 Å². The van der Waals surface area contributed by atoms with E-state index in [1.807, 2.05) is 0 Å². The van der Waals surface area contributed by atoms with Gasteiger partial charge in [0.15, 0.2) is 11.3 Å². The number of nitrogens with zero attached hydrogens (tertiary/aromatic N) is 1. The van der Waals surface area contributed by atoms with Gasteiger partial charge in [0.2, 0.25) is 0 Å². The lowest BCUT2D eigenvalue weighted by Gasteiger charge is -2.04. The molecule has 0 aromatic carbocycles. The fourth-order valence-corrected chi connectivity index (χ4v) is 1.21. The van der Waals surface area contributed by atoms with E-state index in [0.717, 1.165) is 0 Å². The van der Waals surface area contributed by atoms with E-state index in [2.05, 4.69) is 4.99 Å². The Labute approximate surface area is 65.0 Å². The van der Waals surface area contributed by atoms with Gasteiger partial charge in [0.1, 0.15) is 0 Å². The van der Waals surface area contributed by atoms with Gasteiger partial charge in [-0.05, 0) is 6.42 Å². The van der Waals surface area contributed by atoms with Crippen LogP contribution in [0.5, 0.6) is 0 Å². The van der Waals surface area contributed by atoms with E-state index in [9.17, 15) is 8.42 Å². The Morgan fingerprint density at radius 3 is 2.18 bits per heavy atom. The quantitative estimate of drug-likeness (QED) is 0.289. The highest BCUT2D eigenvalue weighted by molar-refractivity contribution is 7.86. The van der Waals surface area contributed by atoms with Crippen LogP contribution in [-0.2, 0) is 10.1 Å². The second-order valence-electron chi connectivity index (χ2n) is 1.93. The van der Waals surface area contributed by atoms with Crippen LogP contribution in [0.25, 0.3) is 0 Å². The Balaban J connectivity index is 4.58. The van der Waals surface area contributed by atoms with Crippen LogP contribution in [0.3, 0.4) is 0 Å². The minimum absolute atomic E-state index is 0.136. The zero-order valence-electron chi connectivity index (χ0n) is 6.06. The molecule has 5 N–H and O–H groups in total. The zero-order chi connectivity index (χ0) is 9.07. The zero-order valence-corrected chi connectivity index (χ0v) is 6.87. The minimum atomic E-state index is -4.16. The highest BCUT2D eigenvalue weighted by Gasteiger charge is 2.19. The Bertz CT molecular complexity index is 241. The topological polar surface area (TPSA) is 119 Å². The van der Waals surface area contributed by atoms with Crippen molar-refractivity contribution in [1.29, 1.82) is 0 Å². The van der Waals surface area contributed by atoms with E-state index in [0.29, 0.717) is 0 Å². The molecule has 0 rings (SSSR count). The van der Waals surface area contributed by atoms with Crippen LogP contribution < -0.4 is 11.5 Å². The van der Waals surface area contributed by atoms with Gasteiger partial charge >= 0.3 is 0 Å². The van der Waals surface area contributed by atoms with E-state index in [4.69, 9.17) is 16.0 Å². The molecule has 0 spiro atoms. The molecular formula is C4H11N3O3S. The molecule has 0 radical (unpaired) electrons. The van der Waals surface area contributed by atoms with Gasteiger partial charge in [0.05, 0.1) is 0 Å². The predicted octanol–water partition coefficient (Wildman–Crippen LogP) is -1.12. The first-order chi connectivity index (χ1) is 4.88. The summed E-state index contributed by atoms with van der Waals surface area (Å²) in [5, 5.41) is -1.24. The molecular weight excluding hydrogens is 170 g/mol. The van der Waals surface area contributed by atoms with Gasteiger partial charge in [-0.2, -0.15) is 8.42 Å². The molecule has 0 fully saturated rings. The third-order valence-electron chi connectivity index (χ3n) is 0.986. The van der Waals surface area contributed by atoms with Crippen molar-refractivity contribution < 1.29 is 13.0 Å². The van der Waals surface area contributed by atoms with E-state index in [-0.39, 0.29) is 12.4 Å². The maximum absolute atomic E-state index is 10.4. The average molecular weight is 181 g/mol. The Kier molecular flexibility index (Phi) is 3.27. The van der Waals surface area contributed by atoms with Gasteiger partial charge in [-0.25, -0.2) is 4.99 Å². The summed E-state index contributed by atoms with van der Waals surface area (Å²) >= 11 is 0. The largest absolute Gasteiger partial charge is 0.370 e. The molecule has 0 bridgehead atoms. The van der Waals surface area contributed by atoms with Crippen LogP contribution in [0.1, 0.15) is 13.3 Å².